The van der Waals surface area contributed by atoms with Crippen LogP contribution in [0.1, 0.15) is 5.56 Å². The van der Waals surface area contributed by atoms with E-state index in [-0.39, 0.29) is 5.69 Å². The molecule has 0 aromatic heterocycles. The Labute approximate surface area is 156 Å². The molecule has 9 heteroatoms. The second-order valence-electron chi connectivity index (χ2n) is 5.74. The molecule has 4 nitrogen and oxygen atoms in total. The molecule has 0 radical (unpaired) electrons. The van der Waals surface area contributed by atoms with E-state index in [0.717, 1.165) is 30.5 Å². The molecule has 1 amide bonds. The number of carbonyl (C=O) groups is 1. The average Bonchev–Trinajstić information content (AvgIpc) is 2.61. The van der Waals surface area contributed by atoms with Gasteiger partial charge < -0.3 is 15.4 Å². The zero-order valence-corrected chi connectivity index (χ0v) is 14.1. The maximum atomic E-state index is 15.3. The number of dihydropyridines is 1. The van der Waals surface area contributed by atoms with E-state index in [1.165, 1.54) is 12.1 Å². The summed E-state index contributed by atoms with van der Waals surface area (Å²) in [6, 6.07) is 11.2. The molecule has 146 valence electrons. The molecule has 0 saturated carbocycles. The van der Waals surface area contributed by atoms with Gasteiger partial charge in [0.2, 0.25) is 0 Å². The zero-order valence-electron chi connectivity index (χ0n) is 14.1. The lowest BCUT2D eigenvalue weighted by Gasteiger charge is -2.30. The minimum Gasteiger partial charge on any atom is -0.437 e. The van der Waals surface area contributed by atoms with Crippen LogP contribution in [0.2, 0.25) is 0 Å². The lowest BCUT2D eigenvalue weighted by Crippen LogP contribution is -2.50. The largest absolute Gasteiger partial charge is 0.437 e. The Balaban J connectivity index is 1.90. The van der Waals surface area contributed by atoms with Gasteiger partial charge in [-0.05, 0) is 36.4 Å². The van der Waals surface area contributed by atoms with Crippen LogP contribution in [-0.2, 0) is 11.0 Å². The Morgan fingerprint density at radius 2 is 1.79 bits per heavy atom. The van der Waals surface area contributed by atoms with E-state index >= 15 is 4.39 Å². The number of anilines is 1. The molecule has 2 aromatic rings. The number of halogens is 5. The number of hydrogen-bond donors (Lipinski definition) is 2. The van der Waals surface area contributed by atoms with Gasteiger partial charge in [-0.15, -0.1) is 0 Å². The molecular weight excluding hydrogens is 383 g/mol. The maximum absolute atomic E-state index is 15.3. The molecule has 0 saturated heterocycles. The summed E-state index contributed by atoms with van der Waals surface area (Å²) >= 11 is 0. The van der Waals surface area contributed by atoms with Crippen molar-refractivity contribution in [1.82, 2.24) is 5.32 Å². The third-order valence-electron chi connectivity index (χ3n) is 3.74. The van der Waals surface area contributed by atoms with Crippen LogP contribution >= 0.6 is 0 Å². The summed E-state index contributed by atoms with van der Waals surface area (Å²) < 4.78 is 73.0. The first-order valence-corrected chi connectivity index (χ1v) is 7.95. The number of hydrogen-bond acceptors (Lipinski definition) is 3. The second-order valence-corrected chi connectivity index (χ2v) is 5.74. The lowest BCUT2D eigenvalue weighted by molar-refractivity contribution is -0.138. The van der Waals surface area contributed by atoms with Crippen LogP contribution in [0.3, 0.4) is 0 Å². The van der Waals surface area contributed by atoms with Crippen LogP contribution in [0, 0.1) is 0 Å². The number of alkyl halides is 4. The average molecular weight is 396 g/mol. The predicted octanol–water partition coefficient (Wildman–Crippen LogP) is 4.69. The van der Waals surface area contributed by atoms with Crippen molar-refractivity contribution < 1.29 is 31.5 Å². The predicted molar refractivity (Wildman–Crippen MR) is 91.4 cm³/mol. The highest BCUT2D eigenvalue weighted by Gasteiger charge is 2.45. The topological polar surface area (TPSA) is 50.4 Å². The summed E-state index contributed by atoms with van der Waals surface area (Å²) in [5.41, 5.74) is -1.88. The lowest BCUT2D eigenvalue weighted by atomic mass is 10.1. The molecule has 1 unspecified atom stereocenters. The SMILES string of the molecule is O=C(Nc1ccccc1)C1=C(F)C=CNC1(F)Oc1cccc(C(F)(F)F)c1. The summed E-state index contributed by atoms with van der Waals surface area (Å²) in [6.45, 7) is 0. The molecule has 0 fully saturated rings. The van der Waals surface area contributed by atoms with E-state index in [0.29, 0.717) is 6.07 Å². The number of amides is 1. The number of rotatable bonds is 4. The summed E-state index contributed by atoms with van der Waals surface area (Å²) in [7, 11) is 0. The molecule has 28 heavy (non-hydrogen) atoms. The Hall–Kier alpha value is -3.36. The minimum absolute atomic E-state index is 0.267. The molecule has 1 aliphatic heterocycles. The molecule has 0 spiro atoms. The molecule has 0 aliphatic carbocycles. The van der Waals surface area contributed by atoms with Crippen LogP contribution < -0.4 is 15.4 Å². The van der Waals surface area contributed by atoms with E-state index in [9.17, 15) is 22.4 Å². The van der Waals surface area contributed by atoms with Gasteiger partial charge in [-0.1, -0.05) is 24.3 Å². The van der Waals surface area contributed by atoms with Crippen molar-refractivity contribution in [2.24, 2.45) is 0 Å². The van der Waals surface area contributed by atoms with Gasteiger partial charge in [0.1, 0.15) is 11.6 Å². The molecule has 1 heterocycles. The van der Waals surface area contributed by atoms with Crippen molar-refractivity contribution in [1.29, 1.82) is 0 Å². The number of para-hydroxylation sites is 1. The van der Waals surface area contributed by atoms with Crippen molar-refractivity contribution in [3.05, 3.63) is 83.8 Å². The molecule has 2 N–H and O–H groups in total. The zero-order chi connectivity index (χ0) is 20.4. The van der Waals surface area contributed by atoms with E-state index < -0.39 is 40.8 Å². The quantitative estimate of drug-likeness (QED) is 0.583. The van der Waals surface area contributed by atoms with Crippen LogP contribution in [0.5, 0.6) is 5.75 Å². The van der Waals surface area contributed by atoms with Crippen molar-refractivity contribution in [3.8, 4) is 5.75 Å². The maximum Gasteiger partial charge on any atom is 0.416 e. The highest BCUT2D eigenvalue weighted by atomic mass is 19.4. The normalized spacial score (nSPS) is 19.2. The van der Waals surface area contributed by atoms with E-state index in [1.54, 1.807) is 18.2 Å². The van der Waals surface area contributed by atoms with Gasteiger partial charge in [-0.25, -0.2) is 4.39 Å². The fourth-order valence-electron chi connectivity index (χ4n) is 2.48. The number of ether oxygens (including phenoxy) is 1. The first-order chi connectivity index (χ1) is 13.2. The van der Waals surface area contributed by atoms with Crippen molar-refractivity contribution in [2.45, 2.75) is 12.2 Å². The van der Waals surface area contributed by atoms with Gasteiger partial charge in [0.25, 0.3) is 5.91 Å². The van der Waals surface area contributed by atoms with Gasteiger partial charge in [-0.2, -0.15) is 17.6 Å². The number of carbonyl (C=O) groups excluding carboxylic acids is 1. The van der Waals surface area contributed by atoms with E-state index in [2.05, 4.69) is 5.32 Å². The fraction of sp³-hybridized carbons (Fsp3) is 0.105. The summed E-state index contributed by atoms with van der Waals surface area (Å²) in [6.07, 6.45) is -3.03. The van der Waals surface area contributed by atoms with Crippen molar-refractivity contribution >= 4 is 11.6 Å². The third-order valence-corrected chi connectivity index (χ3v) is 3.74. The van der Waals surface area contributed by atoms with Crippen LogP contribution in [0.4, 0.5) is 27.6 Å². The standard InChI is InChI=1S/C19H13F5N2O2/c20-15-9-10-25-19(24,16(15)17(27)26-13-6-2-1-3-7-13)28-14-8-4-5-12(11-14)18(21,22)23/h1-11,25H,(H,26,27). The van der Waals surface area contributed by atoms with Crippen LogP contribution in [-0.4, -0.2) is 11.9 Å². The van der Waals surface area contributed by atoms with Crippen molar-refractivity contribution in [2.75, 3.05) is 5.32 Å². The first-order valence-electron chi connectivity index (χ1n) is 7.95. The summed E-state index contributed by atoms with van der Waals surface area (Å²) in [4.78, 5) is 12.4. The summed E-state index contributed by atoms with van der Waals surface area (Å²) in [5, 5.41) is 4.35. The fourth-order valence-corrected chi connectivity index (χ4v) is 2.48. The number of nitrogens with one attached hydrogen (secondary N) is 2. The highest BCUT2D eigenvalue weighted by Crippen LogP contribution is 2.35. The van der Waals surface area contributed by atoms with Crippen molar-refractivity contribution in [3.63, 3.8) is 0 Å². The van der Waals surface area contributed by atoms with Gasteiger partial charge in [-0.3, -0.25) is 4.79 Å². The monoisotopic (exact) mass is 396 g/mol. The third kappa shape index (κ3) is 4.13. The number of allylic oxidation sites excluding steroid dienone is 2. The van der Waals surface area contributed by atoms with Gasteiger partial charge in [0, 0.05) is 11.9 Å². The smallest absolute Gasteiger partial charge is 0.416 e. The molecule has 1 aliphatic rings. The van der Waals surface area contributed by atoms with E-state index in [4.69, 9.17) is 4.74 Å². The van der Waals surface area contributed by atoms with Crippen LogP contribution in [0.25, 0.3) is 0 Å². The minimum atomic E-state index is -4.68. The Bertz CT molecular complexity index is 941. The molecule has 1 atom stereocenters. The second kappa shape index (κ2) is 7.34. The van der Waals surface area contributed by atoms with Gasteiger partial charge in [0.15, 0.2) is 5.57 Å². The van der Waals surface area contributed by atoms with E-state index in [1.807, 2.05) is 5.32 Å². The van der Waals surface area contributed by atoms with Gasteiger partial charge in [0.05, 0.1) is 5.56 Å². The summed E-state index contributed by atoms with van der Waals surface area (Å²) in [5.74, 6) is -6.16. The first kappa shape index (κ1) is 19.4. The molecule has 2 aromatic carbocycles. The Kier molecular flexibility index (Phi) is 5.08. The highest BCUT2D eigenvalue weighted by molar-refractivity contribution is 6.05. The van der Waals surface area contributed by atoms with Crippen LogP contribution in [0.15, 0.2) is 78.3 Å². The molecule has 3 rings (SSSR count). The number of benzene rings is 2. The Morgan fingerprint density at radius 1 is 1.07 bits per heavy atom. The van der Waals surface area contributed by atoms with Gasteiger partial charge >= 0.3 is 12.2 Å². The Morgan fingerprint density at radius 3 is 2.46 bits per heavy atom. The molecular formula is C19H13F5N2O2. The molecule has 0 bridgehead atoms.